The first-order valence-corrected chi connectivity index (χ1v) is 5.60. The van der Waals surface area contributed by atoms with Gasteiger partial charge in [0.25, 0.3) is 0 Å². The minimum atomic E-state index is -0.813. The van der Waals surface area contributed by atoms with E-state index in [1.165, 1.54) is 6.07 Å². The van der Waals surface area contributed by atoms with Crippen molar-refractivity contribution in [3.05, 3.63) is 70.8 Å². The Hall–Kier alpha value is -2.03. The van der Waals surface area contributed by atoms with Gasteiger partial charge in [-0.25, -0.2) is 8.78 Å². The van der Waals surface area contributed by atoms with Crippen molar-refractivity contribution in [2.75, 3.05) is 0 Å². The van der Waals surface area contributed by atoms with Crippen LogP contribution < -0.4 is 0 Å². The molecular formula is C15H12F2O. The van der Waals surface area contributed by atoms with Crippen molar-refractivity contribution < 1.29 is 13.6 Å². The number of benzene rings is 2. The maximum absolute atomic E-state index is 13.4. The topological polar surface area (TPSA) is 17.1 Å². The Kier molecular flexibility index (Phi) is 3.51. The highest BCUT2D eigenvalue weighted by Gasteiger charge is 2.16. The molecule has 0 aliphatic carbocycles. The fourth-order valence-electron chi connectivity index (χ4n) is 1.74. The molecule has 0 heterocycles. The van der Waals surface area contributed by atoms with Crippen molar-refractivity contribution in [3.63, 3.8) is 0 Å². The van der Waals surface area contributed by atoms with Crippen LogP contribution >= 0.6 is 0 Å². The molecule has 0 aliphatic heterocycles. The first kappa shape index (κ1) is 12.4. The number of carbonyl (C=O) groups excluding carboxylic acids is 1. The van der Waals surface area contributed by atoms with Crippen LogP contribution in [-0.2, 0) is 6.42 Å². The van der Waals surface area contributed by atoms with E-state index in [-0.39, 0.29) is 6.42 Å². The van der Waals surface area contributed by atoms with E-state index in [0.717, 1.165) is 23.3 Å². The normalized spacial score (nSPS) is 10.4. The summed E-state index contributed by atoms with van der Waals surface area (Å²) in [7, 11) is 0. The Morgan fingerprint density at radius 2 is 1.56 bits per heavy atom. The minimum absolute atomic E-state index is 0.00185. The fourth-order valence-corrected chi connectivity index (χ4v) is 1.74. The standard InChI is InChI=1S/C15H12F2O/c1-10-5-7-11(8-6-10)9-14(18)15-12(16)3-2-4-13(15)17/h2-8H,9H2,1H3. The minimum Gasteiger partial charge on any atom is -0.294 e. The van der Waals surface area contributed by atoms with Gasteiger partial charge in [0.05, 0.1) is 5.56 Å². The lowest BCUT2D eigenvalue weighted by atomic mass is 10.0. The summed E-state index contributed by atoms with van der Waals surface area (Å²) >= 11 is 0. The number of ketones is 1. The Bertz CT molecular complexity index is 553. The third kappa shape index (κ3) is 2.62. The highest BCUT2D eigenvalue weighted by atomic mass is 19.1. The van der Waals surface area contributed by atoms with Crippen molar-refractivity contribution in [3.8, 4) is 0 Å². The molecule has 2 rings (SSSR count). The molecule has 92 valence electrons. The summed E-state index contributed by atoms with van der Waals surface area (Å²) in [5, 5.41) is 0. The van der Waals surface area contributed by atoms with Gasteiger partial charge in [0.2, 0.25) is 0 Å². The van der Waals surface area contributed by atoms with Gasteiger partial charge in [-0.05, 0) is 24.6 Å². The molecule has 1 nitrogen and oxygen atoms in total. The molecule has 0 aromatic heterocycles. The predicted octanol–water partition coefficient (Wildman–Crippen LogP) is 3.70. The van der Waals surface area contributed by atoms with E-state index in [4.69, 9.17) is 0 Å². The molecule has 0 radical (unpaired) electrons. The summed E-state index contributed by atoms with van der Waals surface area (Å²) in [6, 6.07) is 10.7. The number of rotatable bonds is 3. The van der Waals surface area contributed by atoms with Gasteiger partial charge in [-0.2, -0.15) is 0 Å². The summed E-state index contributed by atoms with van der Waals surface area (Å²) in [6.07, 6.45) is -0.00185. The molecule has 0 saturated heterocycles. The van der Waals surface area contributed by atoms with Crippen LogP contribution in [-0.4, -0.2) is 5.78 Å². The lowest BCUT2D eigenvalue weighted by molar-refractivity contribution is 0.0985. The van der Waals surface area contributed by atoms with Crippen LogP contribution in [0.1, 0.15) is 21.5 Å². The third-order valence-electron chi connectivity index (χ3n) is 2.73. The maximum atomic E-state index is 13.4. The Balaban J connectivity index is 2.25. The van der Waals surface area contributed by atoms with Gasteiger partial charge in [0.1, 0.15) is 11.6 Å². The van der Waals surface area contributed by atoms with Gasteiger partial charge in [-0.1, -0.05) is 35.9 Å². The second kappa shape index (κ2) is 5.08. The second-order valence-electron chi connectivity index (χ2n) is 4.18. The van der Waals surface area contributed by atoms with Gasteiger partial charge in [-0.3, -0.25) is 4.79 Å². The van der Waals surface area contributed by atoms with Gasteiger partial charge >= 0.3 is 0 Å². The van der Waals surface area contributed by atoms with Crippen LogP contribution in [0.2, 0.25) is 0 Å². The van der Waals surface area contributed by atoms with Crippen LogP contribution in [0, 0.1) is 18.6 Å². The first-order valence-electron chi connectivity index (χ1n) is 5.60. The highest BCUT2D eigenvalue weighted by molar-refractivity contribution is 5.98. The van der Waals surface area contributed by atoms with Gasteiger partial charge in [0, 0.05) is 6.42 Å². The van der Waals surface area contributed by atoms with E-state index in [1.54, 1.807) is 12.1 Å². The number of hydrogen-bond acceptors (Lipinski definition) is 1. The molecule has 18 heavy (non-hydrogen) atoms. The van der Waals surface area contributed by atoms with Crippen LogP contribution in [0.15, 0.2) is 42.5 Å². The quantitative estimate of drug-likeness (QED) is 0.755. The summed E-state index contributed by atoms with van der Waals surface area (Å²) in [6.45, 7) is 1.93. The largest absolute Gasteiger partial charge is 0.294 e. The molecule has 0 unspecified atom stereocenters. The van der Waals surface area contributed by atoms with Gasteiger partial charge in [0.15, 0.2) is 5.78 Å². The van der Waals surface area contributed by atoms with E-state index in [9.17, 15) is 13.6 Å². The molecule has 2 aromatic rings. The highest BCUT2D eigenvalue weighted by Crippen LogP contribution is 2.15. The third-order valence-corrected chi connectivity index (χ3v) is 2.73. The lowest BCUT2D eigenvalue weighted by Gasteiger charge is -2.04. The van der Waals surface area contributed by atoms with Crippen molar-refractivity contribution in [1.82, 2.24) is 0 Å². The van der Waals surface area contributed by atoms with Crippen molar-refractivity contribution >= 4 is 5.78 Å². The second-order valence-corrected chi connectivity index (χ2v) is 4.18. The molecule has 0 aliphatic rings. The Morgan fingerprint density at radius 3 is 2.11 bits per heavy atom. The van der Waals surface area contributed by atoms with Crippen molar-refractivity contribution in [2.24, 2.45) is 0 Å². The number of hydrogen-bond donors (Lipinski definition) is 0. The first-order chi connectivity index (χ1) is 8.58. The predicted molar refractivity (Wildman–Crippen MR) is 65.6 cm³/mol. The Labute approximate surface area is 104 Å². The zero-order valence-electron chi connectivity index (χ0n) is 9.91. The molecule has 0 fully saturated rings. The van der Waals surface area contributed by atoms with Crippen LogP contribution in [0.5, 0.6) is 0 Å². The van der Waals surface area contributed by atoms with Crippen LogP contribution in [0.3, 0.4) is 0 Å². The van der Waals surface area contributed by atoms with E-state index in [1.807, 2.05) is 19.1 Å². The molecule has 0 saturated carbocycles. The van der Waals surface area contributed by atoms with Gasteiger partial charge < -0.3 is 0 Å². The average molecular weight is 246 g/mol. The lowest BCUT2D eigenvalue weighted by Crippen LogP contribution is -2.09. The summed E-state index contributed by atoms with van der Waals surface area (Å²) in [5.41, 5.74) is 1.36. The number of halogens is 2. The molecule has 3 heteroatoms. The maximum Gasteiger partial charge on any atom is 0.173 e. The van der Waals surface area contributed by atoms with E-state index in [0.29, 0.717) is 0 Å². The number of carbonyl (C=O) groups is 1. The molecule has 0 N–H and O–H groups in total. The fraction of sp³-hybridized carbons (Fsp3) is 0.133. The smallest absolute Gasteiger partial charge is 0.173 e. The van der Waals surface area contributed by atoms with Crippen molar-refractivity contribution in [2.45, 2.75) is 13.3 Å². The zero-order valence-corrected chi connectivity index (χ0v) is 9.91. The molecule has 0 spiro atoms. The van der Waals surface area contributed by atoms with E-state index >= 15 is 0 Å². The number of Topliss-reactive ketones (excluding diaryl/α,β-unsaturated/α-hetero) is 1. The van der Waals surface area contributed by atoms with Crippen LogP contribution in [0.25, 0.3) is 0 Å². The van der Waals surface area contributed by atoms with Crippen molar-refractivity contribution in [1.29, 1.82) is 0 Å². The van der Waals surface area contributed by atoms with E-state index in [2.05, 4.69) is 0 Å². The molecule has 0 bridgehead atoms. The van der Waals surface area contributed by atoms with Gasteiger partial charge in [-0.15, -0.1) is 0 Å². The monoisotopic (exact) mass is 246 g/mol. The van der Waals surface area contributed by atoms with E-state index < -0.39 is 23.0 Å². The molecule has 0 amide bonds. The summed E-state index contributed by atoms with van der Waals surface area (Å²) in [4.78, 5) is 11.9. The van der Waals surface area contributed by atoms with Crippen LogP contribution in [0.4, 0.5) is 8.78 Å². The zero-order chi connectivity index (χ0) is 13.1. The number of aryl methyl sites for hydroxylation is 1. The summed E-state index contributed by atoms with van der Waals surface area (Å²) in [5.74, 6) is -2.17. The average Bonchev–Trinajstić information content (AvgIpc) is 2.32. The molecule has 2 aromatic carbocycles. The SMILES string of the molecule is Cc1ccc(CC(=O)c2c(F)cccc2F)cc1. The molecular weight excluding hydrogens is 234 g/mol. The molecule has 0 atom stereocenters. The Morgan fingerprint density at radius 1 is 1.00 bits per heavy atom. The summed E-state index contributed by atoms with van der Waals surface area (Å²) < 4.78 is 26.8.